The van der Waals surface area contributed by atoms with Crippen LogP contribution in [0.1, 0.15) is 42.4 Å². The maximum Gasteiger partial charge on any atom is 0.290 e. The van der Waals surface area contributed by atoms with E-state index >= 15 is 0 Å². The molecule has 1 aliphatic rings. The first kappa shape index (κ1) is 23.2. The summed E-state index contributed by atoms with van der Waals surface area (Å²) in [4.78, 5) is 27.7. The van der Waals surface area contributed by atoms with E-state index in [4.69, 9.17) is 9.15 Å². The highest BCUT2D eigenvalue weighted by Crippen LogP contribution is 2.40. The topological polar surface area (TPSA) is 80.0 Å². The summed E-state index contributed by atoms with van der Waals surface area (Å²) in [5.41, 5.74) is 0.408. The lowest BCUT2D eigenvalue weighted by atomic mass is 9.94. The molecule has 0 saturated carbocycles. The standard InChI is InChI=1S/C25H23BrFNO5/c1-14(2)32-11-5-10-28-22(17-6-3-4-7-18(17)27)21(24(30)25(28)31)23(29)20-13-15-12-16(26)8-9-19(15)33-20/h3-4,6-9,12-14,22,30H,5,10-11H2,1-2H3. The number of rotatable bonds is 8. The number of ketones is 1. The molecule has 0 spiro atoms. The Morgan fingerprint density at radius 3 is 2.73 bits per heavy atom. The van der Waals surface area contributed by atoms with Crippen LogP contribution >= 0.6 is 15.9 Å². The molecule has 6 nitrogen and oxygen atoms in total. The molecule has 1 aromatic heterocycles. The summed E-state index contributed by atoms with van der Waals surface area (Å²) >= 11 is 3.38. The monoisotopic (exact) mass is 515 g/mol. The van der Waals surface area contributed by atoms with Gasteiger partial charge in [0.2, 0.25) is 5.78 Å². The highest BCUT2D eigenvalue weighted by molar-refractivity contribution is 9.10. The van der Waals surface area contributed by atoms with Crippen LogP contribution in [-0.2, 0) is 9.53 Å². The van der Waals surface area contributed by atoms with Gasteiger partial charge < -0.3 is 19.2 Å². The summed E-state index contributed by atoms with van der Waals surface area (Å²) in [6.45, 7) is 4.37. The molecule has 172 valence electrons. The van der Waals surface area contributed by atoms with Crippen molar-refractivity contribution in [2.24, 2.45) is 0 Å². The summed E-state index contributed by atoms with van der Waals surface area (Å²) in [6.07, 6.45) is 0.487. The number of ether oxygens (including phenoxy) is 1. The molecule has 1 N–H and O–H groups in total. The fourth-order valence-electron chi connectivity index (χ4n) is 3.95. The third-order valence-corrected chi connectivity index (χ3v) is 5.94. The number of aliphatic hydroxyl groups excluding tert-OH is 1. The van der Waals surface area contributed by atoms with Gasteiger partial charge in [-0.05, 0) is 50.6 Å². The van der Waals surface area contributed by atoms with Gasteiger partial charge in [0.25, 0.3) is 5.91 Å². The van der Waals surface area contributed by atoms with Crippen molar-refractivity contribution in [2.75, 3.05) is 13.2 Å². The molecule has 1 aliphatic heterocycles. The molecule has 0 aliphatic carbocycles. The van der Waals surface area contributed by atoms with Crippen LogP contribution in [0.5, 0.6) is 0 Å². The van der Waals surface area contributed by atoms with Gasteiger partial charge in [-0.3, -0.25) is 9.59 Å². The molecular weight excluding hydrogens is 493 g/mol. The second-order valence-electron chi connectivity index (χ2n) is 8.08. The summed E-state index contributed by atoms with van der Waals surface area (Å²) in [5.74, 6) is -2.70. The Hall–Kier alpha value is -2.97. The van der Waals surface area contributed by atoms with Crippen LogP contribution in [0.25, 0.3) is 11.0 Å². The van der Waals surface area contributed by atoms with Crippen LogP contribution in [0.3, 0.4) is 0 Å². The minimum atomic E-state index is -1.08. The Kier molecular flexibility index (Phi) is 6.67. The largest absolute Gasteiger partial charge is 0.503 e. The van der Waals surface area contributed by atoms with Gasteiger partial charge in [0, 0.05) is 28.6 Å². The lowest BCUT2D eigenvalue weighted by Gasteiger charge is -2.27. The Morgan fingerprint density at radius 1 is 1.24 bits per heavy atom. The maximum atomic E-state index is 14.8. The van der Waals surface area contributed by atoms with Crippen LogP contribution < -0.4 is 0 Å². The molecule has 33 heavy (non-hydrogen) atoms. The third kappa shape index (κ3) is 4.58. The van der Waals surface area contributed by atoms with Crippen molar-refractivity contribution >= 4 is 38.6 Å². The molecule has 8 heteroatoms. The minimum absolute atomic E-state index is 0.0263. The van der Waals surface area contributed by atoms with E-state index < -0.39 is 29.3 Å². The van der Waals surface area contributed by atoms with E-state index in [1.165, 1.54) is 23.1 Å². The Bertz CT molecular complexity index is 1250. The first-order valence-corrected chi connectivity index (χ1v) is 11.4. The first-order chi connectivity index (χ1) is 15.8. The van der Waals surface area contributed by atoms with Crippen molar-refractivity contribution in [3.63, 3.8) is 0 Å². The first-order valence-electron chi connectivity index (χ1n) is 10.6. The minimum Gasteiger partial charge on any atom is -0.503 e. The zero-order valence-electron chi connectivity index (χ0n) is 18.2. The average molecular weight is 516 g/mol. The number of Topliss-reactive ketones (excluding diaryl/α,β-unsaturated/α-hetero) is 1. The highest BCUT2D eigenvalue weighted by Gasteiger charge is 2.45. The smallest absolute Gasteiger partial charge is 0.290 e. The molecule has 1 amide bonds. The fourth-order valence-corrected chi connectivity index (χ4v) is 4.33. The SMILES string of the molecule is CC(C)OCCCN1C(=O)C(O)=C(C(=O)c2cc3cc(Br)ccc3o2)C1c1ccccc1F. The number of benzene rings is 2. The van der Waals surface area contributed by atoms with Crippen molar-refractivity contribution in [1.82, 2.24) is 4.90 Å². The van der Waals surface area contributed by atoms with Crippen LogP contribution in [0.2, 0.25) is 0 Å². The second kappa shape index (κ2) is 9.49. The predicted molar refractivity (Wildman–Crippen MR) is 124 cm³/mol. The van der Waals surface area contributed by atoms with Gasteiger partial charge in [-0.1, -0.05) is 34.1 Å². The average Bonchev–Trinajstić information content (AvgIpc) is 3.30. The van der Waals surface area contributed by atoms with Gasteiger partial charge in [0.1, 0.15) is 11.4 Å². The molecule has 0 radical (unpaired) electrons. The Balaban J connectivity index is 1.72. The number of carbonyl (C=O) groups excluding carboxylic acids is 2. The van der Waals surface area contributed by atoms with Gasteiger partial charge in [-0.2, -0.15) is 0 Å². The number of nitrogens with zero attached hydrogens (tertiary/aromatic N) is 1. The van der Waals surface area contributed by atoms with Crippen molar-refractivity contribution in [3.8, 4) is 0 Å². The molecule has 1 atom stereocenters. The van der Waals surface area contributed by atoms with Crippen molar-refractivity contribution in [1.29, 1.82) is 0 Å². The Morgan fingerprint density at radius 2 is 2.00 bits per heavy atom. The molecule has 2 aromatic carbocycles. The lowest BCUT2D eigenvalue weighted by molar-refractivity contribution is -0.129. The van der Waals surface area contributed by atoms with Crippen LogP contribution in [0, 0.1) is 5.82 Å². The fraction of sp³-hybridized carbons (Fsp3) is 0.280. The molecular formula is C25H23BrFNO5. The third-order valence-electron chi connectivity index (χ3n) is 5.44. The maximum absolute atomic E-state index is 14.8. The van der Waals surface area contributed by atoms with Gasteiger partial charge in [-0.15, -0.1) is 0 Å². The van der Waals surface area contributed by atoms with E-state index in [0.717, 1.165) is 4.47 Å². The number of fused-ring (bicyclic) bond motifs is 1. The molecule has 0 saturated heterocycles. The normalized spacial score (nSPS) is 16.5. The number of halogens is 2. The summed E-state index contributed by atoms with van der Waals surface area (Å²) in [5, 5.41) is 11.4. The molecule has 4 rings (SSSR count). The zero-order valence-corrected chi connectivity index (χ0v) is 19.8. The molecule has 0 bridgehead atoms. The molecule has 2 heterocycles. The molecule has 1 unspecified atom stereocenters. The predicted octanol–water partition coefficient (Wildman–Crippen LogP) is 5.73. The second-order valence-corrected chi connectivity index (χ2v) is 9.00. The number of furan rings is 1. The van der Waals surface area contributed by atoms with Gasteiger partial charge in [-0.25, -0.2) is 4.39 Å². The van der Waals surface area contributed by atoms with E-state index in [1.54, 1.807) is 30.3 Å². The van der Waals surface area contributed by atoms with E-state index in [-0.39, 0.29) is 29.5 Å². The zero-order chi connectivity index (χ0) is 23.7. The van der Waals surface area contributed by atoms with Crippen LogP contribution in [-0.4, -0.2) is 41.0 Å². The van der Waals surface area contributed by atoms with Crippen molar-refractivity contribution < 1.29 is 28.2 Å². The van der Waals surface area contributed by atoms with Gasteiger partial charge in [0.15, 0.2) is 11.5 Å². The van der Waals surface area contributed by atoms with E-state index in [9.17, 15) is 19.1 Å². The Labute approximate surface area is 198 Å². The van der Waals surface area contributed by atoms with E-state index in [0.29, 0.717) is 24.0 Å². The highest BCUT2D eigenvalue weighted by atomic mass is 79.9. The van der Waals surface area contributed by atoms with Crippen LogP contribution in [0.4, 0.5) is 4.39 Å². The van der Waals surface area contributed by atoms with Crippen molar-refractivity contribution in [3.05, 3.63) is 81.5 Å². The number of aliphatic hydroxyl groups is 1. The summed E-state index contributed by atoms with van der Waals surface area (Å²) in [6, 6.07) is 11.7. The van der Waals surface area contributed by atoms with Gasteiger partial charge >= 0.3 is 0 Å². The number of amides is 1. The number of hydrogen-bond donors (Lipinski definition) is 1. The van der Waals surface area contributed by atoms with E-state index in [1.807, 2.05) is 13.8 Å². The van der Waals surface area contributed by atoms with E-state index in [2.05, 4.69) is 15.9 Å². The quantitative estimate of drug-likeness (QED) is 0.306. The number of hydrogen-bond acceptors (Lipinski definition) is 5. The number of carbonyl (C=O) groups is 2. The summed E-state index contributed by atoms with van der Waals surface area (Å²) < 4.78 is 26.9. The van der Waals surface area contributed by atoms with Crippen molar-refractivity contribution in [2.45, 2.75) is 32.4 Å². The van der Waals surface area contributed by atoms with Gasteiger partial charge in [0.05, 0.1) is 17.7 Å². The molecule has 0 fully saturated rings. The summed E-state index contributed by atoms with van der Waals surface area (Å²) in [7, 11) is 0. The molecule has 3 aromatic rings. The lowest BCUT2D eigenvalue weighted by Crippen LogP contribution is -2.33. The van der Waals surface area contributed by atoms with Crippen LogP contribution in [0.15, 0.2) is 68.8 Å².